The number of fused-ring (bicyclic) bond motifs is 1. The zero-order valence-electron chi connectivity index (χ0n) is 27.3. The van der Waals surface area contributed by atoms with Crippen LogP contribution in [-0.2, 0) is 29.0 Å². The molecule has 0 saturated carbocycles. The van der Waals surface area contributed by atoms with Crippen LogP contribution in [0.2, 0.25) is 10.0 Å². The number of β-amino-alcohol motifs (C(OH)–C–C–N with tert-alkyl or cyclic N) is 1. The number of rotatable bonds is 11. The molecule has 1 heterocycles. The predicted molar refractivity (Wildman–Crippen MR) is 186 cm³/mol. The van der Waals surface area contributed by atoms with Gasteiger partial charge in [-0.05, 0) is 68.0 Å². The Morgan fingerprint density at radius 2 is 1.68 bits per heavy atom. The maximum Gasteiger partial charge on any atom is 0.239 e. The molecule has 0 unspecified atom stereocenters. The molecule has 4 N–H and O–H groups in total. The molecule has 0 radical (unpaired) electrons. The highest BCUT2D eigenvalue weighted by molar-refractivity contribution is 6.42. The first-order valence-electron chi connectivity index (χ1n) is 16.4. The Morgan fingerprint density at radius 3 is 2.40 bits per heavy atom. The largest absolute Gasteiger partial charge is 0.392 e. The van der Waals surface area contributed by atoms with Gasteiger partial charge < -0.3 is 20.8 Å². The van der Waals surface area contributed by atoms with E-state index in [0.29, 0.717) is 49.1 Å². The molecule has 0 bridgehead atoms. The smallest absolute Gasteiger partial charge is 0.239 e. The molecule has 252 valence electrons. The van der Waals surface area contributed by atoms with Gasteiger partial charge >= 0.3 is 0 Å². The molecular formula is C37H46Cl2N4O4. The lowest BCUT2D eigenvalue weighted by atomic mass is 9.91. The van der Waals surface area contributed by atoms with E-state index in [-0.39, 0.29) is 24.8 Å². The summed E-state index contributed by atoms with van der Waals surface area (Å²) in [5, 5.41) is 29.5. The van der Waals surface area contributed by atoms with Crippen LogP contribution in [0.3, 0.4) is 0 Å². The Balaban J connectivity index is 1.29. The highest BCUT2D eigenvalue weighted by Gasteiger charge is 2.37. The lowest BCUT2D eigenvalue weighted by Crippen LogP contribution is -2.61. The molecule has 0 spiro atoms. The van der Waals surface area contributed by atoms with Gasteiger partial charge in [0, 0.05) is 50.6 Å². The van der Waals surface area contributed by atoms with E-state index >= 15 is 0 Å². The molecule has 3 aromatic carbocycles. The van der Waals surface area contributed by atoms with E-state index in [1.54, 1.807) is 6.07 Å². The van der Waals surface area contributed by atoms with Crippen LogP contribution in [0.1, 0.15) is 55.5 Å². The van der Waals surface area contributed by atoms with Crippen LogP contribution in [0.5, 0.6) is 0 Å². The average Bonchev–Trinajstić information content (AvgIpc) is 3.33. The third kappa shape index (κ3) is 9.56. The normalized spacial score (nSPS) is 21.6. The van der Waals surface area contributed by atoms with E-state index in [0.717, 1.165) is 22.3 Å². The van der Waals surface area contributed by atoms with E-state index in [1.807, 2.05) is 92.4 Å². The minimum absolute atomic E-state index is 0.101. The number of nitrogens with one attached hydrogen (secondary N) is 2. The summed E-state index contributed by atoms with van der Waals surface area (Å²) in [4.78, 5) is 31.7. The molecule has 1 aliphatic heterocycles. The average molecular weight is 682 g/mol. The molecule has 10 heteroatoms. The van der Waals surface area contributed by atoms with Gasteiger partial charge in [0.1, 0.15) is 6.04 Å². The minimum atomic E-state index is -0.859. The molecule has 5 rings (SSSR count). The second-order valence-corrected chi connectivity index (χ2v) is 14.8. The van der Waals surface area contributed by atoms with Crippen LogP contribution in [0.15, 0.2) is 72.8 Å². The second kappa shape index (κ2) is 15.5. The van der Waals surface area contributed by atoms with Gasteiger partial charge in [0.25, 0.3) is 0 Å². The number of halogens is 2. The van der Waals surface area contributed by atoms with Crippen LogP contribution in [-0.4, -0.2) is 81.8 Å². The summed E-state index contributed by atoms with van der Waals surface area (Å²) >= 11 is 12.4. The Bertz CT molecular complexity index is 1530. The molecule has 0 aromatic heterocycles. The standard InChI is InChI=1S/C37H46Cl2N4O4/c1-37(2,3)41-36(47)32-23-42(21-25-13-14-30(38)31(39)18-25)15-16-43(32)22-28(44)19-27(17-24-9-5-4-6-10-24)35(46)40-34-29-12-8-7-11-26(29)20-33(34)45/h4-14,18,27-28,32-34,44-45H,15-17,19-23H2,1-3H3,(H,40,46)(H,41,47)/t27-,28-,32-,33+,34-/m0/s1. The molecule has 1 aliphatic carbocycles. The van der Waals surface area contributed by atoms with Crippen molar-refractivity contribution in [3.8, 4) is 0 Å². The molecule has 2 amide bonds. The van der Waals surface area contributed by atoms with Crippen molar-refractivity contribution in [3.05, 3.63) is 105 Å². The Hall–Kier alpha value is -2.98. The SMILES string of the molecule is CC(C)(C)NC(=O)[C@@H]1CN(Cc2ccc(Cl)c(Cl)c2)CCN1C[C@@H](O)C[C@H](Cc1ccccc1)C(=O)N[C@H]1c2ccccc2C[C@H]1O. The fourth-order valence-corrected chi connectivity index (χ4v) is 7.03. The number of amides is 2. The van der Waals surface area contributed by atoms with Crippen molar-refractivity contribution >= 4 is 35.0 Å². The van der Waals surface area contributed by atoms with Gasteiger partial charge in [-0.15, -0.1) is 0 Å². The summed E-state index contributed by atoms with van der Waals surface area (Å²) in [6.45, 7) is 8.45. The molecule has 5 atom stereocenters. The van der Waals surface area contributed by atoms with Crippen molar-refractivity contribution in [1.29, 1.82) is 0 Å². The monoisotopic (exact) mass is 680 g/mol. The predicted octanol–water partition coefficient (Wildman–Crippen LogP) is 4.78. The first-order valence-corrected chi connectivity index (χ1v) is 17.1. The molecule has 1 saturated heterocycles. The number of hydrogen-bond donors (Lipinski definition) is 4. The lowest BCUT2D eigenvalue weighted by molar-refractivity contribution is -0.132. The Labute approximate surface area is 288 Å². The van der Waals surface area contributed by atoms with Gasteiger partial charge in [-0.25, -0.2) is 0 Å². The minimum Gasteiger partial charge on any atom is -0.392 e. The fourth-order valence-electron chi connectivity index (χ4n) is 6.71. The zero-order chi connectivity index (χ0) is 33.7. The van der Waals surface area contributed by atoms with Gasteiger partial charge in [-0.3, -0.25) is 19.4 Å². The first kappa shape index (κ1) is 35.3. The van der Waals surface area contributed by atoms with Gasteiger partial charge in [0.05, 0.1) is 28.3 Å². The number of hydrogen-bond acceptors (Lipinski definition) is 6. The number of carbonyl (C=O) groups is 2. The van der Waals surface area contributed by atoms with Gasteiger partial charge in [-0.1, -0.05) is 83.9 Å². The molecule has 3 aromatic rings. The van der Waals surface area contributed by atoms with Crippen molar-refractivity contribution in [2.24, 2.45) is 5.92 Å². The van der Waals surface area contributed by atoms with Gasteiger partial charge in [0.15, 0.2) is 0 Å². The van der Waals surface area contributed by atoms with E-state index in [2.05, 4.69) is 15.5 Å². The molecule has 2 aliphatic rings. The zero-order valence-corrected chi connectivity index (χ0v) is 28.8. The summed E-state index contributed by atoms with van der Waals surface area (Å²) < 4.78 is 0. The molecule has 1 fully saturated rings. The number of carbonyl (C=O) groups excluding carboxylic acids is 2. The topological polar surface area (TPSA) is 105 Å². The van der Waals surface area contributed by atoms with Crippen LogP contribution >= 0.6 is 23.2 Å². The number of nitrogens with zero attached hydrogens (tertiary/aromatic N) is 2. The van der Waals surface area contributed by atoms with Crippen LogP contribution in [0.4, 0.5) is 0 Å². The van der Waals surface area contributed by atoms with Crippen molar-refractivity contribution in [1.82, 2.24) is 20.4 Å². The van der Waals surface area contributed by atoms with E-state index in [9.17, 15) is 19.8 Å². The van der Waals surface area contributed by atoms with Crippen molar-refractivity contribution in [2.75, 3.05) is 26.2 Å². The van der Waals surface area contributed by atoms with Crippen molar-refractivity contribution < 1.29 is 19.8 Å². The quantitative estimate of drug-likeness (QED) is 0.233. The fraction of sp³-hybridized carbons (Fsp3) is 0.459. The van der Waals surface area contributed by atoms with Crippen molar-refractivity contribution in [3.63, 3.8) is 0 Å². The highest BCUT2D eigenvalue weighted by Crippen LogP contribution is 2.32. The maximum atomic E-state index is 13.8. The summed E-state index contributed by atoms with van der Waals surface area (Å²) in [6.07, 6.45) is -0.424. The summed E-state index contributed by atoms with van der Waals surface area (Å²) in [7, 11) is 0. The van der Waals surface area contributed by atoms with Gasteiger partial charge in [-0.2, -0.15) is 0 Å². The van der Waals surface area contributed by atoms with Crippen LogP contribution < -0.4 is 10.6 Å². The van der Waals surface area contributed by atoms with Gasteiger partial charge in [0.2, 0.25) is 11.8 Å². The number of aliphatic hydroxyl groups is 2. The second-order valence-electron chi connectivity index (χ2n) is 14.0. The summed E-state index contributed by atoms with van der Waals surface area (Å²) in [6, 6.07) is 22.1. The van der Waals surface area contributed by atoms with Crippen LogP contribution in [0, 0.1) is 5.92 Å². The van der Waals surface area contributed by atoms with E-state index in [4.69, 9.17) is 23.2 Å². The number of aliphatic hydroxyl groups excluding tert-OH is 2. The summed E-state index contributed by atoms with van der Waals surface area (Å²) in [5.41, 5.74) is 3.54. The Morgan fingerprint density at radius 1 is 0.957 bits per heavy atom. The summed E-state index contributed by atoms with van der Waals surface area (Å²) in [5.74, 6) is -0.844. The molecule has 47 heavy (non-hydrogen) atoms. The van der Waals surface area contributed by atoms with E-state index < -0.39 is 35.7 Å². The Kier molecular flexibility index (Phi) is 11.6. The van der Waals surface area contributed by atoms with Crippen LogP contribution in [0.25, 0.3) is 0 Å². The first-order chi connectivity index (χ1) is 22.4. The highest BCUT2D eigenvalue weighted by atomic mass is 35.5. The molecule has 8 nitrogen and oxygen atoms in total. The third-order valence-corrected chi connectivity index (χ3v) is 9.70. The molecular weight excluding hydrogens is 635 g/mol. The maximum absolute atomic E-state index is 13.8. The van der Waals surface area contributed by atoms with Crippen molar-refractivity contribution in [2.45, 2.75) is 76.4 Å². The van der Waals surface area contributed by atoms with E-state index in [1.165, 1.54) is 0 Å². The lowest BCUT2D eigenvalue weighted by Gasteiger charge is -2.42. The number of benzene rings is 3. The number of piperazine rings is 1. The third-order valence-electron chi connectivity index (χ3n) is 8.97.